The van der Waals surface area contributed by atoms with Crippen LogP contribution in [0.4, 0.5) is 0 Å². The van der Waals surface area contributed by atoms with Crippen molar-refractivity contribution in [2.45, 2.75) is 17.5 Å². The second-order valence-corrected chi connectivity index (χ2v) is 7.65. The first-order chi connectivity index (χ1) is 11.1. The van der Waals surface area contributed by atoms with Gasteiger partial charge in [0.1, 0.15) is 21.6 Å². The van der Waals surface area contributed by atoms with Crippen molar-refractivity contribution in [3.63, 3.8) is 0 Å². The summed E-state index contributed by atoms with van der Waals surface area (Å²) in [4.78, 5) is 0.178. The molecule has 120 valence electrons. The maximum atomic E-state index is 12.7. The second-order valence-electron chi connectivity index (χ2n) is 5.21. The number of aliphatic hydroxyl groups excluding tert-OH is 1. The van der Waals surface area contributed by atoms with Gasteiger partial charge in [0.05, 0.1) is 30.6 Å². The van der Waals surface area contributed by atoms with Crippen molar-refractivity contribution in [2.24, 2.45) is 0 Å². The minimum atomic E-state index is -3.61. The first-order valence-electron chi connectivity index (χ1n) is 6.82. The highest BCUT2D eigenvalue weighted by molar-refractivity contribution is 7.89. The van der Waals surface area contributed by atoms with Crippen molar-refractivity contribution in [3.05, 3.63) is 30.1 Å². The molecule has 1 aliphatic heterocycles. The Morgan fingerprint density at radius 3 is 2.87 bits per heavy atom. The van der Waals surface area contributed by atoms with Gasteiger partial charge in [-0.05, 0) is 12.1 Å². The average Bonchev–Trinajstić information content (AvgIpc) is 3.13. The van der Waals surface area contributed by atoms with Gasteiger partial charge in [-0.3, -0.25) is 0 Å². The second kappa shape index (κ2) is 5.30. The Kier molecular flexibility index (Phi) is 3.37. The third kappa shape index (κ3) is 2.32. The Balaban J connectivity index is 1.58. The van der Waals surface area contributed by atoms with Crippen molar-refractivity contribution in [3.8, 4) is 0 Å². The Morgan fingerprint density at radius 1 is 1.30 bits per heavy atom. The fourth-order valence-corrected chi connectivity index (χ4v) is 4.74. The quantitative estimate of drug-likeness (QED) is 0.704. The molecule has 0 unspecified atom stereocenters. The van der Waals surface area contributed by atoms with Gasteiger partial charge in [0.25, 0.3) is 0 Å². The van der Waals surface area contributed by atoms with Crippen LogP contribution in [0.1, 0.15) is 11.7 Å². The maximum Gasteiger partial charge on any atom is 0.245 e. The zero-order valence-electron chi connectivity index (χ0n) is 11.8. The molecule has 0 bridgehead atoms. The molecule has 23 heavy (non-hydrogen) atoms. The molecule has 0 radical (unpaired) electrons. The van der Waals surface area contributed by atoms with Gasteiger partial charge >= 0.3 is 0 Å². The molecule has 11 heteroatoms. The van der Waals surface area contributed by atoms with E-state index in [9.17, 15) is 8.42 Å². The van der Waals surface area contributed by atoms with E-state index in [0.717, 1.165) is 11.7 Å². The number of hydrogen-bond donors (Lipinski definition) is 1. The van der Waals surface area contributed by atoms with Gasteiger partial charge in [-0.1, -0.05) is 11.3 Å². The van der Waals surface area contributed by atoms with E-state index in [1.807, 2.05) is 0 Å². The minimum absolute atomic E-state index is 0.0784. The van der Waals surface area contributed by atoms with E-state index in [2.05, 4.69) is 19.1 Å². The van der Waals surface area contributed by atoms with Crippen LogP contribution in [-0.2, 0) is 16.6 Å². The molecular weight excluding hydrogens is 340 g/mol. The van der Waals surface area contributed by atoms with Crippen LogP contribution in [0.25, 0.3) is 11.0 Å². The van der Waals surface area contributed by atoms with Gasteiger partial charge in [-0.15, -0.1) is 5.10 Å². The summed E-state index contributed by atoms with van der Waals surface area (Å²) in [5, 5.41) is 16.7. The standard InChI is InChI=1S/C12H12N6O3S2/c19-7-8-4-18(16-13-8)9-5-17(6-9)23(20,21)11-3-1-2-10-12(11)15-22-14-10/h1-4,9,19H,5-7H2. The summed E-state index contributed by atoms with van der Waals surface area (Å²) in [5.41, 5.74) is 1.45. The molecule has 0 amide bonds. The Morgan fingerprint density at radius 2 is 2.13 bits per heavy atom. The predicted molar refractivity (Wildman–Crippen MR) is 81.2 cm³/mol. The normalized spacial score (nSPS) is 16.7. The summed E-state index contributed by atoms with van der Waals surface area (Å²) in [6.45, 7) is 0.433. The van der Waals surface area contributed by atoms with Gasteiger partial charge in [-0.2, -0.15) is 13.1 Å². The number of aromatic nitrogens is 5. The van der Waals surface area contributed by atoms with Gasteiger partial charge in [0, 0.05) is 13.1 Å². The van der Waals surface area contributed by atoms with Gasteiger partial charge < -0.3 is 5.11 Å². The number of nitrogens with zero attached hydrogens (tertiary/aromatic N) is 6. The van der Waals surface area contributed by atoms with Crippen LogP contribution >= 0.6 is 11.7 Å². The van der Waals surface area contributed by atoms with Crippen LogP contribution in [0.2, 0.25) is 0 Å². The molecule has 2 aromatic heterocycles. The Labute approximate surface area is 135 Å². The summed E-state index contributed by atoms with van der Waals surface area (Å²) in [5.74, 6) is 0. The predicted octanol–water partition coefficient (Wildman–Crippen LogP) is 0.0207. The smallest absolute Gasteiger partial charge is 0.245 e. The van der Waals surface area contributed by atoms with Crippen molar-refractivity contribution in [2.75, 3.05) is 13.1 Å². The number of sulfonamides is 1. The van der Waals surface area contributed by atoms with Crippen molar-refractivity contribution < 1.29 is 13.5 Å². The molecule has 0 atom stereocenters. The van der Waals surface area contributed by atoms with Crippen LogP contribution in [0, 0.1) is 0 Å². The molecule has 1 saturated heterocycles. The Hall–Kier alpha value is -1.95. The lowest BCUT2D eigenvalue weighted by Crippen LogP contribution is -2.50. The summed E-state index contributed by atoms with van der Waals surface area (Å²) in [6.07, 6.45) is 1.62. The van der Waals surface area contributed by atoms with Crippen molar-refractivity contribution in [1.82, 2.24) is 28.0 Å². The lowest BCUT2D eigenvalue weighted by atomic mass is 10.2. The van der Waals surface area contributed by atoms with Crippen molar-refractivity contribution >= 4 is 32.8 Å². The summed E-state index contributed by atoms with van der Waals surface area (Å²) >= 11 is 0.994. The number of fused-ring (bicyclic) bond motifs is 1. The van der Waals surface area contributed by atoms with Crippen LogP contribution < -0.4 is 0 Å². The van der Waals surface area contributed by atoms with E-state index >= 15 is 0 Å². The molecule has 3 heterocycles. The van der Waals surface area contributed by atoms with Crippen LogP contribution in [0.5, 0.6) is 0 Å². The molecule has 0 aliphatic carbocycles. The molecule has 0 saturated carbocycles. The van der Waals surface area contributed by atoms with E-state index in [0.29, 0.717) is 29.8 Å². The van der Waals surface area contributed by atoms with Crippen molar-refractivity contribution in [1.29, 1.82) is 0 Å². The van der Waals surface area contributed by atoms with E-state index in [-0.39, 0.29) is 17.5 Å². The Bertz CT molecular complexity index is 960. The largest absolute Gasteiger partial charge is 0.390 e. The van der Waals surface area contributed by atoms with Crippen LogP contribution in [0.3, 0.4) is 0 Å². The highest BCUT2D eigenvalue weighted by atomic mass is 32.2. The molecular formula is C12H12N6O3S2. The highest BCUT2D eigenvalue weighted by Gasteiger charge is 2.39. The number of hydrogen-bond acceptors (Lipinski definition) is 8. The molecule has 0 spiro atoms. The monoisotopic (exact) mass is 352 g/mol. The lowest BCUT2D eigenvalue weighted by molar-refractivity contribution is 0.189. The first kappa shape index (κ1) is 14.6. The number of benzene rings is 1. The fourth-order valence-electron chi connectivity index (χ4n) is 2.47. The van der Waals surface area contributed by atoms with Gasteiger partial charge in [-0.25, -0.2) is 13.1 Å². The van der Waals surface area contributed by atoms with Crippen LogP contribution in [0.15, 0.2) is 29.3 Å². The van der Waals surface area contributed by atoms with E-state index in [1.165, 1.54) is 4.31 Å². The zero-order valence-corrected chi connectivity index (χ0v) is 13.4. The summed E-state index contributed by atoms with van der Waals surface area (Å²) in [6, 6.07) is 4.87. The minimum Gasteiger partial charge on any atom is -0.390 e. The molecule has 4 rings (SSSR count). The lowest BCUT2D eigenvalue weighted by Gasteiger charge is -2.37. The summed E-state index contributed by atoms with van der Waals surface area (Å²) in [7, 11) is -3.61. The van der Waals surface area contributed by atoms with Gasteiger partial charge in [0.2, 0.25) is 10.0 Å². The molecule has 1 aromatic carbocycles. The molecule has 1 fully saturated rings. The highest BCUT2D eigenvalue weighted by Crippen LogP contribution is 2.30. The van der Waals surface area contributed by atoms with Crippen LogP contribution in [-0.4, -0.2) is 54.7 Å². The zero-order chi connectivity index (χ0) is 16.0. The molecule has 3 aromatic rings. The SMILES string of the molecule is O=S(=O)(c1cccc2nsnc12)N1CC(n2cc(CO)nn2)C1. The average molecular weight is 352 g/mol. The third-order valence-corrected chi connectivity index (χ3v) is 6.20. The topological polar surface area (TPSA) is 114 Å². The van der Waals surface area contributed by atoms with E-state index < -0.39 is 10.0 Å². The maximum absolute atomic E-state index is 12.7. The van der Waals surface area contributed by atoms with E-state index in [1.54, 1.807) is 29.1 Å². The number of rotatable bonds is 4. The van der Waals surface area contributed by atoms with E-state index in [4.69, 9.17) is 5.11 Å². The molecule has 1 N–H and O–H groups in total. The molecule has 9 nitrogen and oxygen atoms in total. The van der Waals surface area contributed by atoms with Gasteiger partial charge in [0.15, 0.2) is 0 Å². The summed E-state index contributed by atoms with van der Waals surface area (Å²) < 4.78 is 36.6. The first-order valence-corrected chi connectivity index (χ1v) is 8.99. The molecule has 1 aliphatic rings. The number of aliphatic hydroxyl groups is 1. The fraction of sp³-hybridized carbons (Fsp3) is 0.333. The third-order valence-electron chi connectivity index (χ3n) is 3.79.